The van der Waals surface area contributed by atoms with Crippen LogP contribution in [0.4, 0.5) is 0 Å². The molecular weight excluding hydrogens is 338 g/mol. The summed E-state index contributed by atoms with van der Waals surface area (Å²) in [5.41, 5.74) is 1.17. The van der Waals surface area contributed by atoms with E-state index in [1.165, 1.54) is 10.4 Å². The highest BCUT2D eigenvalue weighted by atomic mass is 32.2. The molecule has 0 aliphatic carbocycles. The van der Waals surface area contributed by atoms with Gasteiger partial charge in [0.05, 0.1) is 4.90 Å². The molecule has 0 saturated carbocycles. The maximum absolute atomic E-state index is 12.6. The fraction of sp³-hybridized carbons (Fsp3) is 0.611. The first-order chi connectivity index (χ1) is 11.8. The lowest BCUT2D eigenvalue weighted by Crippen LogP contribution is -2.35. The number of likely N-dealkylation sites (N-methyl/N-ethyl adjacent to an activating group) is 1. The number of nitrogens with zero attached hydrogens (tertiary/aromatic N) is 2. The maximum Gasteiger partial charge on any atom is 0.251 e. The molecule has 0 radical (unpaired) electrons. The van der Waals surface area contributed by atoms with Crippen LogP contribution in [0.2, 0.25) is 0 Å². The zero-order valence-electron chi connectivity index (χ0n) is 16.0. The molecule has 0 bridgehead atoms. The standard InChI is InChI=1S/C18H31N3O3S/c1-6-20(7-2)13-12-19-18(22)17-14-16(11-10-15(17)5)25(23,24)21(8-3)9-4/h10-11,14H,6-9,12-13H2,1-5H3,(H,19,22). The van der Waals surface area contributed by atoms with E-state index in [1.54, 1.807) is 26.0 Å². The number of aryl methyl sites for hydroxylation is 1. The SMILES string of the molecule is CCN(CC)CCNC(=O)c1cc(S(=O)(=O)N(CC)CC)ccc1C. The summed E-state index contributed by atoms with van der Waals surface area (Å²) in [5, 5.41) is 2.89. The van der Waals surface area contributed by atoms with Crippen LogP contribution in [0.25, 0.3) is 0 Å². The fourth-order valence-electron chi connectivity index (χ4n) is 2.68. The highest BCUT2D eigenvalue weighted by molar-refractivity contribution is 7.89. The second-order valence-electron chi connectivity index (χ2n) is 5.85. The molecule has 0 aliphatic rings. The molecule has 0 heterocycles. The Bertz CT molecular complexity index is 666. The molecule has 142 valence electrons. The summed E-state index contributed by atoms with van der Waals surface area (Å²) < 4.78 is 26.7. The number of hydrogen-bond donors (Lipinski definition) is 1. The molecule has 0 unspecified atom stereocenters. The van der Waals surface area contributed by atoms with Crippen molar-refractivity contribution in [1.29, 1.82) is 0 Å². The van der Waals surface area contributed by atoms with Crippen molar-refractivity contribution < 1.29 is 13.2 Å². The molecule has 1 N–H and O–H groups in total. The molecule has 0 aliphatic heterocycles. The number of hydrogen-bond acceptors (Lipinski definition) is 4. The van der Waals surface area contributed by atoms with Gasteiger partial charge in [-0.2, -0.15) is 4.31 Å². The third kappa shape index (κ3) is 5.52. The Balaban J connectivity index is 2.96. The van der Waals surface area contributed by atoms with Crippen molar-refractivity contribution >= 4 is 15.9 Å². The van der Waals surface area contributed by atoms with Crippen molar-refractivity contribution in [2.75, 3.05) is 39.3 Å². The van der Waals surface area contributed by atoms with Gasteiger partial charge < -0.3 is 10.2 Å². The Kier molecular flexibility index (Phi) is 8.55. The quantitative estimate of drug-likeness (QED) is 0.686. The third-order valence-corrected chi connectivity index (χ3v) is 6.45. The zero-order valence-corrected chi connectivity index (χ0v) is 16.8. The van der Waals surface area contributed by atoms with Gasteiger partial charge >= 0.3 is 0 Å². The monoisotopic (exact) mass is 369 g/mol. The van der Waals surface area contributed by atoms with Crippen molar-refractivity contribution in [3.63, 3.8) is 0 Å². The molecule has 6 nitrogen and oxygen atoms in total. The molecule has 1 aromatic rings. The molecule has 0 saturated heterocycles. The molecule has 1 aromatic carbocycles. The van der Waals surface area contributed by atoms with E-state index in [2.05, 4.69) is 24.1 Å². The first-order valence-electron chi connectivity index (χ1n) is 8.93. The van der Waals surface area contributed by atoms with Gasteiger partial charge in [-0.1, -0.05) is 33.8 Å². The van der Waals surface area contributed by atoms with Gasteiger partial charge in [-0.05, 0) is 37.7 Å². The van der Waals surface area contributed by atoms with Crippen LogP contribution in [0.1, 0.15) is 43.6 Å². The number of rotatable bonds is 10. The van der Waals surface area contributed by atoms with E-state index in [9.17, 15) is 13.2 Å². The predicted molar refractivity (Wildman–Crippen MR) is 101 cm³/mol. The zero-order chi connectivity index (χ0) is 19.0. The van der Waals surface area contributed by atoms with Crippen LogP contribution in [-0.2, 0) is 10.0 Å². The van der Waals surface area contributed by atoms with Crippen LogP contribution in [-0.4, -0.2) is 62.8 Å². The Morgan fingerprint density at radius 2 is 1.64 bits per heavy atom. The minimum absolute atomic E-state index is 0.163. The van der Waals surface area contributed by atoms with Crippen molar-refractivity contribution in [1.82, 2.24) is 14.5 Å². The van der Waals surface area contributed by atoms with E-state index in [-0.39, 0.29) is 10.8 Å². The number of sulfonamides is 1. The van der Waals surface area contributed by atoms with Gasteiger partial charge in [0.15, 0.2) is 0 Å². The van der Waals surface area contributed by atoms with E-state index in [0.717, 1.165) is 25.2 Å². The fourth-order valence-corrected chi connectivity index (χ4v) is 4.17. The lowest BCUT2D eigenvalue weighted by Gasteiger charge is -2.20. The maximum atomic E-state index is 12.6. The summed E-state index contributed by atoms with van der Waals surface area (Å²) in [5.74, 6) is -0.235. The lowest BCUT2D eigenvalue weighted by molar-refractivity contribution is 0.0948. The first-order valence-corrected chi connectivity index (χ1v) is 10.4. The molecule has 25 heavy (non-hydrogen) atoms. The van der Waals surface area contributed by atoms with Crippen LogP contribution < -0.4 is 5.32 Å². The van der Waals surface area contributed by atoms with Gasteiger partial charge in [0.1, 0.15) is 0 Å². The van der Waals surface area contributed by atoms with E-state index in [0.29, 0.717) is 25.2 Å². The smallest absolute Gasteiger partial charge is 0.251 e. The third-order valence-electron chi connectivity index (χ3n) is 4.40. The molecule has 7 heteroatoms. The molecular formula is C18H31N3O3S. The van der Waals surface area contributed by atoms with Gasteiger partial charge in [-0.25, -0.2) is 8.42 Å². The molecule has 1 amide bonds. The molecule has 1 rings (SSSR count). The molecule has 0 aromatic heterocycles. The van der Waals surface area contributed by atoms with Gasteiger partial charge in [-0.15, -0.1) is 0 Å². The van der Waals surface area contributed by atoms with Gasteiger partial charge in [0.2, 0.25) is 10.0 Å². The van der Waals surface area contributed by atoms with Crippen LogP contribution >= 0.6 is 0 Å². The summed E-state index contributed by atoms with van der Waals surface area (Å²) in [7, 11) is -3.57. The van der Waals surface area contributed by atoms with Crippen molar-refractivity contribution in [3.8, 4) is 0 Å². The van der Waals surface area contributed by atoms with Crippen LogP contribution in [0, 0.1) is 6.92 Å². The largest absolute Gasteiger partial charge is 0.351 e. The predicted octanol–water partition coefficient (Wildman–Crippen LogP) is 2.10. The average Bonchev–Trinajstić information content (AvgIpc) is 2.59. The number of benzene rings is 1. The summed E-state index contributed by atoms with van der Waals surface area (Å²) in [6.45, 7) is 13.6. The van der Waals surface area contributed by atoms with Crippen LogP contribution in [0.5, 0.6) is 0 Å². The minimum Gasteiger partial charge on any atom is -0.351 e. The summed E-state index contributed by atoms with van der Waals surface area (Å²) in [6.07, 6.45) is 0. The summed E-state index contributed by atoms with van der Waals surface area (Å²) >= 11 is 0. The number of carbonyl (C=O) groups is 1. The van der Waals surface area contributed by atoms with E-state index in [4.69, 9.17) is 0 Å². The molecule has 0 fully saturated rings. The Labute approximate surface area is 152 Å². The van der Waals surface area contributed by atoms with Crippen molar-refractivity contribution in [2.24, 2.45) is 0 Å². The van der Waals surface area contributed by atoms with Crippen molar-refractivity contribution in [2.45, 2.75) is 39.5 Å². The molecule has 0 spiro atoms. The Morgan fingerprint density at radius 3 is 2.16 bits per heavy atom. The number of carbonyl (C=O) groups excluding carboxylic acids is 1. The van der Waals surface area contributed by atoms with Crippen LogP contribution in [0.3, 0.4) is 0 Å². The van der Waals surface area contributed by atoms with Gasteiger partial charge in [0, 0.05) is 31.7 Å². The lowest BCUT2D eigenvalue weighted by atomic mass is 10.1. The Hall–Kier alpha value is -1.44. The van der Waals surface area contributed by atoms with Gasteiger partial charge in [0.25, 0.3) is 5.91 Å². The minimum atomic E-state index is -3.57. The topological polar surface area (TPSA) is 69.7 Å². The average molecular weight is 370 g/mol. The van der Waals surface area contributed by atoms with Gasteiger partial charge in [-0.3, -0.25) is 4.79 Å². The highest BCUT2D eigenvalue weighted by Gasteiger charge is 2.23. The second-order valence-corrected chi connectivity index (χ2v) is 7.79. The first kappa shape index (κ1) is 21.6. The van der Waals surface area contributed by atoms with E-state index >= 15 is 0 Å². The summed E-state index contributed by atoms with van der Waals surface area (Å²) in [6, 6.07) is 4.74. The summed E-state index contributed by atoms with van der Waals surface area (Å²) in [4.78, 5) is 14.9. The second kappa shape index (κ2) is 9.89. The number of amides is 1. The van der Waals surface area contributed by atoms with Crippen molar-refractivity contribution in [3.05, 3.63) is 29.3 Å². The number of nitrogens with one attached hydrogen (secondary N) is 1. The Morgan fingerprint density at radius 1 is 1.04 bits per heavy atom. The van der Waals surface area contributed by atoms with E-state index in [1.807, 2.05) is 6.92 Å². The van der Waals surface area contributed by atoms with Crippen LogP contribution in [0.15, 0.2) is 23.1 Å². The van der Waals surface area contributed by atoms with E-state index < -0.39 is 10.0 Å². The molecule has 0 atom stereocenters. The normalized spacial score (nSPS) is 12.0. The highest BCUT2D eigenvalue weighted by Crippen LogP contribution is 2.19.